The Bertz CT molecular complexity index is 863. The molecule has 0 saturated heterocycles. The van der Waals surface area contributed by atoms with Gasteiger partial charge in [-0.05, 0) is 38.1 Å². The summed E-state index contributed by atoms with van der Waals surface area (Å²) < 4.78 is 3.37. The highest BCUT2D eigenvalue weighted by Gasteiger charge is 2.11. The van der Waals surface area contributed by atoms with E-state index in [0.29, 0.717) is 16.3 Å². The predicted octanol–water partition coefficient (Wildman–Crippen LogP) is 3.13. The van der Waals surface area contributed by atoms with E-state index in [4.69, 9.17) is 11.6 Å². The molecule has 1 aromatic carbocycles. The molecule has 0 unspecified atom stereocenters. The van der Waals surface area contributed by atoms with Crippen LogP contribution in [0.1, 0.15) is 21.7 Å². The number of hydrogen-bond donors (Lipinski definition) is 1. The lowest BCUT2D eigenvalue weighted by Crippen LogP contribution is -2.11. The van der Waals surface area contributed by atoms with Crippen LogP contribution in [0.5, 0.6) is 0 Å². The first-order valence-electron chi connectivity index (χ1n) is 7.08. The van der Waals surface area contributed by atoms with Gasteiger partial charge in [0.15, 0.2) is 0 Å². The lowest BCUT2D eigenvalue weighted by Gasteiger charge is -2.07. The molecule has 1 amide bonds. The molecule has 0 aliphatic rings. The molecule has 1 N–H and O–H groups in total. The molecular weight excluding hydrogens is 314 g/mol. The summed E-state index contributed by atoms with van der Waals surface area (Å²) in [5.41, 5.74) is 3.78. The summed E-state index contributed by atoms with van der Waals surface area (Å²) in [6, 6.07) is 7.42. The van der Waals surface area contributed by atoms with Gasteiger partial charge in [-0.15, -0.1) is 0 Å². The van der Waals surface area contributed by atoms with E-state index >= 15 is 0 Å². The van der Waals surface area contributed by atoms with E-state index in [0.717, 1.165) is 17.1 Å². The number of benzene rings is 1. The van der Waals surface area contributed by atoms with Crippen molar-refractivity contribution in [2.24, 2.45) is 7.05 Å². The maximum absolute atomic E-state index is 12.1. The molecular formula is C16H16ClN5O. The van der Waals surface area contributed by atoms with E-state index in [1.165, 1.54) is 6.20 Å². The number of nitrogens with one attached hydrogen (secondary N) is 1. The van der Waals surface area contributed by atoms with Gasteiger partial charge in [-0.25, -0.2) is 4.68 Å². The van der Waals surface area contributed by atoms with Gasteiger partial charge in [-0.3, -0.25) is 9.48 Å². The third-order valence-corrected chi connectivity index (χ3v) is 4.09. The number of amides is 1. The highest BCUT2D eigenvalue weighted by Crippen LogP contribution is 2.23. The molecule has 0 bridgehead atoms. The zero-order valence-electron chi connectivity index (χ0n) is 13.0. The Morgan fingerprint density at radius 1 is 1.22 bits per heavy atom. The summed E-state index contributed by atoms with van der Waals surface area (Å²) in [4.78, 5) is 12.1. The molecule has 0 spiro atoms. The van der Waals surface area contributed by atoms with Crippen molar-refractivity contribution in [1.82, 2.24) is 19.6 Å². The molecule has 3 rings (SSSR count). The van der Waals surface area contributed by atoms with Gasteiger partial charge in [-0.2, -0.15) is 10.2 Å². The highest BCUT2D eigenvalue weighted by atomic mass is 35.5. The van der Waals surface area contributed by atoms with Crippen LogP contribution in [0.25, 0.3) is 5.69 Å². The van der Waals surface area contributed by atoms with Crippen molar-refractivity contribution in [2.45, 2.75) is 13.8 Å². The maximum atomic E-state index is 12.1. The van der Waals surface area contributed by atoms with Crippen molar-refractivity contribution >= 4 is 23.2 Å². The van der Waals surface area contributed by atoms with E-state index in [1.54, 1.807) is 22.6 Å². The Hall–Kier alpha value is -2.60. The van der Waals surface area contributed by atoms with Crippen molar-refractivity contribution < 1.29 is 4.79 Å². The van der Waals surface area contributed by atoms with Gasteiger partial charge >= 0.3 is 0 Å². The van der Waals surface area contributed by atoms with Crippen molar-refractivity contribution in [1.29, 1.82) is 0 Å². The normalized spacial score (nSPS) is 10.8. The van der Waals surface area contributed by atoms with E-state index in [1.807, 2.05) is 38.1 Å². The van der Waals surface area contributed by atoms with Gasteiger partial charge < -0.3 is 5.32 Å². The van der Waals surface area contributed by atoms with Crippen LogP contribution in [0.3, 0.4) is 0 Å². The Morgan fingerprint density at radius 2 is 1.91 bits per heavy atom. The summed E-state index contributed by atoms with van der Waals surface area (Å²) >= 11 is 6.17. The fourth-order valence-corrected chi connectivity index (χ4v) is 2.42. The Labute approximate surface area is 138 Å². The number of aromatic nitrogens is 4. The van der Waals surface area contributed by atoms with Crippen LogP contribution in [-0.2, 0) is 7.05 Å². The van der Waals surface area contributed by atoms with Gasteiger partial charge in [-0.1, -0.05) is 11.6 Å². The van der Waals surface area contributed by atoms with E-state index in [-0.39, 0.29) is 5.91 Å². The third kappa shape index (κ3) is 2.98. The molecule has 0 saturated carbocycles. The second-order valence-corrected chi connectivity index (χ2v) is 5.68. The Balaban J connectivity index is 1.79. The van der Waals surface area contributed by atoms with Gasteiger partial charge in [0.2, 0.25) is 0 Å². The molecule has 118 valence electrons. The minimum Gasteiger partial charge on any atom is -0.322 e. The largest absolute Gasteiger partial charge is 0.322 e. The van der Waals surface area contributed by atoms with Crippen LogP contribution in [0.4, 0.5) is 5.69 Å². The number of rotatable bonds is 3. The molecule has 2 heterocycles. The molecule has 7 heteroatoms. The van der Waals surface area contributed by atoms with Crippen LogP contribution >= 0.6 is 11.6 Å². The fraction of sp³-hybridized carbons (Fsp3) is 0.188. The van der Waals surface area contributed by atoms with E-state index in [9.17, 15) is 4.79 Å². The minimum absolute atomic E-state index is 0.194. The SMILES string of the molecule is Cc1nn(-c2ccc(NC(=O)c3cnn(C)c3)cc2)c(C)c1Cl. The van der Waals surface area contributed by atoms with E-state index in [2.05, 4.69) is 15.5 Å². The quantitative estimate of drug-likeness (QED) is 0.803. The number of carbonyl (C=O) groups is 1. The minimum atomic E-state index is -0.194. The summed E-state index contributed by atoms with van der Waals surface area (Å²) in [6.07, 6.45) is 3.20. The van der Waals surface area contributed by atoms with Gasteiger partial charge in [0.1, 0.15) is 0 Å². The summed E-state index contributed by atoms with van der Waals surface area (Å²) in [6.45, 7) is 3.79. The Kier molecular flexibility index (Phi) is 3.92. The molecule has 0 radical (unpaired) electrons. The molecule has 2 aromatic heterocycles. The molecule has 0 aliphatic heterocycles. The standard InChI is InChI=1S/C16H16ClN5O/c1-10-15(17)11(2)22(20-10)14-6-4-13(5-7-14)19-16(23)12-8-18-21(3)9-12/h4-9H,1-3H3,(H,19,23). The monoisotopic (exact) mass is 329 g/mol. The van der Waals surface area contributed by atoms with Crippen molar-refractivity contribution in [3.8, 4) is 5.69 Å². The molecule has 23 heavy (non-hydrogen) atoms. The lowest BCUT2D eigenvalue weighted by molar-refractivity contribution is 0.102. The predicted molar refractivity (Wildman–Crippen MR) is 89.2 cm³/mol. The van der Waals surface area contributed by atoms with Crippen LogP contribution in [0, 0.1) is 13.8 Å². The van der Waals surface area contributed by atoms with Crippen LogP contribution < -0.4 is 5.32 Å². The van der Waals surface area contributed by atoms with Crippen molar-refractivity contribution in [3.05, 3.63) is 58.6 Å². The summed E-state index contributed by atoms with van der Waals surface area (Å²) in [5, 5.41) is 11.9. The van der Waals surface area contributed by atoms with Gasteiger partial charge in [0.05, 0.1) is 33.9 Å². The molecule has 3 aromatic rings. The number of anilines is 1. The first kappa shape index (κ1) is 15.3. The van der Waals surface area contributed by atoms with Crippen molar-refractivity contribution in [2.75, 3.05) is 5.32 Å². The van der Waals surface area contributed by atoms with Crippen molar-refractivity contribution in [3.63, 3.8) is 0 Å². The molecule has 6 nitrogen and oxygen atoms in total. The first-order valence-corrected chi connectivity index (χ1v) is 7.45. The number of aryl methyl sites for hydroxylation is 2. The second kappa shape index (κ2) is 5.89. The molecule has 0 fully saturated rings. The smallest absolute Gasteiger partial charge is 0.258 e. The second-order valence-electron chi connectivity index (χ2n) is 5.30. The summed E-state index contributed by atoms with van der Waals surface area (Å²) in [5.74, 6) is -0.194. The number of hydrogen-bond acceptors (Lipinski definition) is 3. The van der Waals surface area contributed by atoms with E-state index < -0.39 is 0 Å². The molecule has 0 aliphatic carbocycles. The van der Waals surface area contributed by atoms with Gasteiger partial charge in [0, 0.05) is 18.9 Å². The van der Waals surface area contributed by atoms with Gasteiger partial charge in [0.25, 0.3) is 5.91 Å². The third-order valence-electron chi connectivity index (χ3n) is 3.54. The highest BCUT2D eigenvalue weighted by molar-refractivity contribution is 6.31. The van der Waals surface area contributed by atoms with Crippen LogP contribution in [0.2, 0.25) is 5.02 Å². The first-order chi connectivity index (χ1) is 11.0. The summed E-state index contributed by atoms with van der Waals surface area (Å²) in [7, 11) is 1.77. The average molecular weight is 330 g/mol. The number of nitrogens with zero attached hydrogens (tertiary/aromatic N) is 4. The zero-order valence-corrected chi connectivity index (χ0v) is 13.8. The fourth-order valence-electron chi connectivity index (χ4n) is 2.30. The zero-order chi connectivity index (χ0) is 16.6. The topological polar surface area (TPSA) is 64.7 Å². The Morgan fingerprint density at radius 3 is 2.43 bits per heavy atom. The maximum Gasteiger partial charge on any atom is 0.258 e. The molecule has 0 atom stereocenters. The van der Waals surface area contributed by atoms with Crippen LogP contribution in [-0.4, -0.2) is 25.5 Å². The number of carbonyl (C=O) groups excluding carboxylic acids is 1. The van der Waals surface area contributed by atoms with Crippen LogP contribution in [0.15, 0.2) is 36.7 Å². The number of halogens is 1. The average Bonchev–Trinajstić information content (AvgIpc) is 3.08. The lowest BCUT2D eigenvalue weighted by atomic mass is 10.2.